The summed E-state index contributed by atoms with van der Waals surface area (Å²) in [6, 6.07) is 8.83. The molecule has 0 heterocycles. The third-order valence-corrected chi connectivity index (χ3v) is 7.48. The van der Waals surface area contributed by atoms with Crippen LogP contribution in [0.15, 0.2) is 40.9 Å². The first-order valence-electron chi connectivity index (χ1n) is 10.2. The van der Waals surface area contributed by atoms with Crippen molar-refractivity contribution in [2.45, 2.75) is 39.4 Å². The fourth-order valence-electron chi connectivity index (χ4n) is 3.07. The predicted octanol–water partition coefficient (Wildman–Crippen LogP) is 5.12. The van der Waals surface area contributed by atoms with E-state index >= 15 is 0 Å². The number of carbonyl (C=O) groups excluding carboxylic acids is 2. The molecule has 0 saturated carbocycles. The number of amides is 2. The minimum Gasteiger partial charge on any atom is -0.352 e. The lowest BCUT2D eigenvalue weighted by atomic mass is 10.1. The van der Waals surface area contributed by atoms with Crippen LogP contribution in [0, 0.1) is 0 Å². The highest BCUT2D eigenvalue weighted by molar-refractivity contribution is 9.10. The summed E-state index contributed by atoms with van der Waals surface area (Å²) >= 11 is 21.7. The maximum Gasteiger partial charge on any atom is 0.244 e. The number of sulfonamides is 1. The fraction of sp³-hybridized carbons (Fsp3) is 0.364. The lowest BCUT2D eigenvalue weighted by molar-refractivity contribution is -0.139. The van der Waals surface area contributed by atoms with Crippen molar-refractivity contribution in [2.24, 2.45) is 0 Å². The van der Waals surface area contributed by atoms with Gasteiger partial charge in [-0.05, 0) is 50.6 Å². The van der Waals surface area contributed by atoms with E-state index in [1.807, 2.05) is 38.1 Å². The number of hydrogen-bond acceptors (Lipinski definition) is 4. The molecule has 2 aromatic carbocycles. The Morgan fingerprint density at radius 1 is 1.00 bits per heavy atom. The van der Waals surface area contributed by atoms with Gasteiger partial charge in [-0.1, -0.05) is 62.9 Å². The molecule has 0 spiro atoms. The van der Waals surface area contributed by atoms with Crippen LogP contribution in [-0.4, -0.2) is 50.0 Å². The van der Waals surface area contributed by atoms with Gasteiger partial charge in [0.15, 0.2) is 0 Å². The average Bonchev–Trinajstić information content (AvgIpc) is 2.72. The summed E-state index contributed by atoms with van der Waals surface area (Å²) in [6.07, 6.45) is 0.951. The van der Waals surface area contributed by atoms with Gasteiger partial charge >= 0.3 is 0 Å². The van der Waals surface area contributed by atoms with Gasteiger partial charge in [0.05, 0.1) is 27.0 Å². The smallest absolute Gasteiger partial charge is 0.244 e. The second-order valence-electron chi connectivity index (χ2n) is 7.97. The number of nitrogens with one attached hydrogen (secondary N) is 1. The van der Waals surface area contributed by atoms with Crippen molar-refractivity contribution in [1.29, 1.82) is 0 Å². The van der Waals surface area contributed by atoms with Crippen LogP contribution < -0.4 is 9.62 Å². The Kier molecular flexibility index (Phi) is 10.1. The van der Waals surface area contributed by atoms with E-state index < -0.39 is 28.5 Å². The SMILES string of the molecule is CC(C)NC(=O)C(C)N(Cc1ccc(Br)cc1)C(=O)CN(c1cc(Cl)c(Cl)cc1Cl)S(C)(=O)=O. The van der Waals surface area contributed by atoms with E-state index in [1.54, 1.807) is 6.92 Å². The maximum absolute atomic E-state index is 13.5. The summed E-state index contributed by atoms with van der Waals surface area (Å²) in [7, 11) is -3.95. The van der Waals surface area contributed by atoms with Gasteiger partial charge in [0.2, 0.25) is 21.8 Å². The number of anilines is 1. The zero-order valence-corrected chi connectivity index (χ0v) is 23.7. The number of halogens is 4. The third kappa shape index (κ3) is 7.75. The van der Waals surface area contributed by atoms with Crippen LogP contribution in [0.2, 0.25) is 15.1 Å². The molecule has 0 aliphatic rings. The van der Waals surface area contributed by atoms with Crippen molar-refractivity contribution in [2.75, 3.05) is 17.1 Å². The molecule has 0 aliphatic carbocycles. The lowest BCUT2D eigenvalue weighted by Crippen LogP contribution is -2.52. The minimum absolute atomic E-state index is 0.00907. The second kappa shape index (κ2) is 11.9. The number of nitrogens with zero attached hydrogens (tertiary/aromatic N) is 2. The van der Waals surface area contributed by atoms with Crippen molar-refractivity contribution in [3.63, 3.8) is 0 Å². The Balaban J connectivity index is 2.45. The summed E-state index contributed by atoms with van der Waals surface area (Å²) in [5.41, 5.74) is 0.772. The summed E-state index contributed by atoms with van der Waals surface area (Å²) in [4.78, 5) is 27.5. The van der Waals surface area contributed by atoms with Crippen molar-refractivity contribution < 1.29 is 18.0 Å². The number of rotatable bonds is 9. The third-order valence-electron chi connectivity index (χ3n) is 4.80. The van der Waals surface area contributed by atoms with Gasteiger partial charge in [0, 0.05) is 17.1 Å². The van der Waals surface area contributed by atoms with E-state index in [9.17, 15) is 18.0 Å². The minimum atomic E-state index is -3.95. The highest BCUT2D eigenvalue weighted by Crippen LogP contribution is 2.35. The Morgan fingerprint density at radius 3 is 2.09 bits per heavy atom. The largest absolute Gasteiger partial charge is 0.352 e. The molecule has 0 radical (unpaired) electrons. The maximum atomic E-state index is 13.5. The normalized spacial score (nSPS) is 12.4. The van der Waals surface area contributed by atoms with Crippen molar-refractivity contribution >= 4 is 78.3 Å². The molecule has 0 bridgehead atoms. The first-order chi connectivity index (χ1) is 15.7. The number of benzene rings is 2. The molecule has 0 fully saturated rings. The van der Waals surface area contributed by atoms with Gasteiger partial charge in [-0.25, -0.2) is 8.42 Å². The number of hydrogen-bond donors (Lipinski definition) is 1. The van der Waals surface area contributed by atoms with E-state index in [4.69, 9.17) is 34.8 Å². The van der Waals surface area contributed by atoms with E-state index in [1.165, 1.54) is 17.0 Å². The van der Waals surface area contributed by atoms with Crippen molar-refractivity contribution in [1.82, 2.24) is 10.2 Å². The van der Waals surface area contributed by atoms with E-state index in [2.05, 4.69) is 21.2 Å². The molecule has 2 amide bonds. The highest BCUT2D eigenvalue weighted by Gasteiger charge is 2.31. The molecule has 7 nitrogen and oxygen atoms in total. The molecule has 1 atom stereocenters. The second-order valence-corrected chi connectivity index (χ2v) is 12.0. The van der Waals surface area contributed by atoms with E-state index in [0.717, 1.165) is 20.6 Å². The monoisotopic (exact) mass is 611 g/mol. The van der Waals surface area contributed by atoms with Gasteiger partial charge in [0.1, 0.15) is 12.6 Å². The predicted molar refractivity (Wildman–Crippen MR) is 141 cm³/mol. The van der Waals surface area contributed by atoms with Crippen molar-refractivity contribution in [3.8, 4) is 0 Å². The molecular weight excluding hydrogens is 589 g/mol. The zero-order chi connectivity index (χ0) is 25.8. The molecule has 2 aromatic rings. The Morgan fingerprint density at radius 2 is 1.56 bits per heavy atom. The van der Waals surface area contributed by atoms with E-state index in [-0.39, 0.29) is 39.2 Å². The van der Waals surface area contributed by atoms with Crippen LogP contribution in [0.1, 0.15) is 26.3 Å². The van der Waals surface area contributed by atoms with Gasteiger partial charge in [-0.15, -0.1) is 0 Å². The van der Waals surface area contributed by atoms with Crippen molar-refractivity contribution in [3.05, 3.63) is 61.5 Å². The molecule has 1 N–H and O–H groups in total. The number of carbonyl (C=O) groups is 2. The van der Waals surface area contributed by atoms with Crippen LogP contribution in [0.25, 0.3) is 0 Å². The van der Waals surface area contributed by atoms with Gasteiger partial charge in [-0.3, -0.25) is 13.9 Å². The summed E-state index contributed by atoms with van der Waals surface area (Å²) in [6.45, 7) is 4.70. The first kappa shape index (κ1) is 28.7. The molecular formula is C22H25BrCl3N3O4S. The Hall–Kier alpha value is -1.52. The molecule has 0 aliphatic heterocycles. The average molecular weight is 614 g/mol. The summed E-state index contributed by atoms with van der Waals surface area (Å²) < 4.78 is 26.9. The Bertz CT molecular complexity index is 1160. The van der Waals surface area contributed by atoms with Gasteiger partial charge in [0.25, 0.3) is 0 Å². The van der Waals surface area contributed by atoms with Crippen LogP contribution in [0.4, 0.5) is 5.69 Å². The molecule has 0 saturated heterocycles. The van der Waals surface area contributed by atoms with E-state index in [0.29, 0.717) is 0 Å². The Labute approximate surface area is 223 Å². The quantitative estimate of drug-likeness (QED) is 0.398. The van der Waals surface area contributed by atoms with Gasteiger partial charge < -0.3 is 10.2 Å². The highest BCUT2D eigenvalue weighted by atomic mass is 79.9. The van der Waals surface area contributed by atoms with Crippen LogP contribution in [0.3, 0.4) is 0 Å². The standard InChI is InChI=1S/C22H25BrCl3N3O4S/c1-13(2)27-22(31)14(3)28(11-15-5-7-16(23)8-6-15)21(30)12-29(34(4,32)33)20-10-18(25)17(24)9-19(20)26/h5-10,13-14H,11-12H2,1-4H3,(H,27,31). The van der Waals surface area contributed by atoms with Crippen LogP contribution >= 0.6 is 50.7 Å². The molecule has 12 heteroatoms. The molecule has 1 unspecified atom stereocenters. The first-order valence-corrected chi connectivity index (χ1v) is 13.9. The summed E-state index contributed by atoms with van der Waals surface area (Å²) in [5.74, 6) is -0.958. The molecule has 34 heavy (non-hydrogen) atoms. The lowest BCUT2D eigenvalue weighted by Gasteiger charge is -2.32. The topological polar surface area (TPSA) is 86.8 Å². The zero-order valence-electron chi connectivity index (χ0n) is 19.0. The molecule has 186 valence electrons. The van der Waals surface area contributed by atoms with Crippen LogP contribution in [-0.2, 0) is 26.2 Å². The molecule has 0 aromatic heterocycles. The summed E-state index contributed by atoms with van der Waals surface area (Å²) in [5, 5.41) is 3.02. The van der Waals surface area contributed by atoms with Gasteiger partial charge in [-0.2, -0.15) is 0 Å². The van der Waals surface area contributed by atoms with Crippen LogP contribution in [0.5, 0.6) is 0 Å². The fourth-order valence-corrected chi connectivity index (χ4v) is 4.88. The molecule has 2 rings (SSSR count).